The van der Waals surface area contributed by atoms with Crippen LogP contribution < -0.4 is 10.6 Å². The number of rotatable bonds is 4. The van der Waals surface area contributed by atoms with Gasteiger partial charge in [0.2, 0.25) is 11.2 Å². The molecule has 7 nitrogen and oxygen atoms in total. The van der Waals surface area contributed by atoms with E-state index in [-0.39, 0.29) is 39.5 Å². The third kappa shape index (κ3) is 9.53. The van der Waals surface area contributed by atoms with E-state index in [4.69, 9.17) is 11.6 Å². The zero-order valence-electron chi connectivity index (χ0n) is 19.3. The summed E-state index contributed by atoms with van der Waals surface area (Å²) in [7, 11) is 0. The monoisotopic (exact) mass is 674 g/mol. The summed E-state index contributed by atoms with van der Waals surface area (Å²) in [5.41, 5.74) is 3.17. The number of nitrogens with one attached hydrogen (secondary N) is 2. The summed E-state index contributed by atoms with van der Waals surface area (Å²) in [4.78, 5) is 28.7. The normalized spacial score (nSPS) is 9.90. The van der Waals surface area contributed by atoms with Gasteiger partial charge in [-0.05, 0) is 86.1 Å². The first-order valence-corrected chi connectivity index (χ1v) is 12.9. The molecule has 2 aromatic heterocycles. The number of nitrogens with zero attached hydrogens (tertiary/aromatic N) is 4. The molecule has 0 fully saturated rings. The highest BCUT2D eigenvalue weighted by Crippen LogP contribution is 2.21. The maximum Gasteiger partial charge on any atom is 0.251 e. The van der Waals surface area contributed by atoms with Crippen LogP contribution in [0.1, 0.15) is 46.5 Å². The van der Waals surface area contributed by atoms with E-state index in [9.17, 15) is 4.79 Å². The van der Waals surface area contributed by atoms with Crippen molar-refractivity contribution in [1.82, 2.24) is 25.3 Å². The number of carbonyl (C=O) groups is 1. The molecular formula is C29H33Br2ClN6O. The van der Waals surface area contributed by atoms with Crippen molar-refractivity contribution in [2.75, 3.05) is 5.32 Å². The maximum absolute atomic E-state index is 11.9. The Balaban J connectivity index is 0.000000432. The summed E-state index contributed by atoms with van der Waals surface area (Å²) >= 11 is 12.4. The first kappa shape index (κ1) is 33.9. The van der Waals surface area contributed by atoms with Gasteiger partial charge in [-0.1, -0.05) is 54.1 Å². The summed E-state index contributed by atoms with van der Waals surface area (Å²) in [6.07, 6.45) is 3.48. The second kappa shape index (κ2) is 15.5. The lowest BCUT2D eigenvalue weighted by Crippen LogP contribution is -2.29. The van der Waals surface area contributed by atoms with Gasteiger partial charge >= 0.3 is 0 Å². The summed E-state index contributed by atoms with van der Waals surface area (Å²) in [5, 5.41) is 8.25. The number of hydrogen-bond acceptors (Lipinski definition) is 6. The largest absolute Gasteiger partial charge is 0.350 e. The summed E-state index contributed by atoms with van der Waals surface area (Å²) in [5.74, 6) is 0.438. The number of aromatic nitrogens is 4. The minimum Gasteiger partial charge on any atom is -0.350 e. The fraction of sp³-hybridized carbons (Fsp3) is 0.207. The Morgan fingerprint density at radius 3 is 1.90 bits per heavy atom. The Morgan fingerprint density at radius 2 is 1.33 bits per heavy atom. The van der Waals surface area contributed by atoms with Gasteiger partial charge in [0.05, 0.1) is 11.0 Å². The van der Waals surface area contributed by atoms with Crippen LogP contribution >= 0.6 is 43.5 Å². The Bertz CT molecular complexity index is 1490. The number of fused-ring (bicyclic) bond motifs is 2. The van der Waals surface area contributed by atoms with E-state index in [1.165, 1.54) is 0 Å². The van der Waals surface area contributed by atoms with Crippen molar-refractivity contribution in [2.45, 2.75) is 42.2 Å². The van der Waals surface area contributed by atoms with Crippen LogP contribution in [0.15, 0.2) is 82.0 Å². The Morgan fingerprint density at radius 1 is 0.795 bits per heavy atom. The van der Waals surface area contributed by atoms with E-state index >= 15 is 0 Å². The zero-order valence-corrected chi connectivity index (χ0v) is 23.3. The molecule has 5 aromatic rings. The first-order valence-electron chi connectivity index (χ1n) is 10.9. The quantitative estimate of drug-likeness (QED) is 0.185. The molecular weight excluding hydrogens is 644 g/mol. The molecule has 2 heterocycles. The molecule has 0 saturated heterocycles. The van der Waals surface area contributed by atoms with Crippen LogP contribution in [0, 0.1) is 0 Å². The molecule has 0 atom stereocenters. The zero-order chi connectivity index (χ0) is 25.7. The van der Waals surface area contributed by atoms with E-state index in [2.05, 4.69) is 62.4 Å². The molecule has 39 heavy (non-hydrogen) atoms. The Labute approximate surface area is 252 Å². The smallest absolute Gasteiger partial charge is 0.251 e. The van der Waals surface area contributed by atoms with E-state index in [0.29, 0.717) is 11.5 Å². The van der Waals surface area contributed by atoms with Crippen molar-refractivity contribution in [1.29, 1.82) is 0 Å². The van der Waals surface area contributed by atoms with E-state index in [1.807, 2.05) is 62.4 Å². The highest BCUT2D eigenvalue weighted by molar-refractivity contribution is 9.10. The van der Waals surface area contributed by atoms with Gasteiger partial charge in [-0.3, -0.25) is 4.79 Å². The minimum absolute atomic E-state index is 0. The number of benzene rings is 3. The summed E-state index contributed by atoms with van der Waals surface area (Å²) in [6.45, 7) is 3.87. The lowest BCUT2D eigenvalue weighted by molar-refractivity contribution is 0.0943. The standard InChI is InChI=1S/C18H17BrN4O.C8H4BrClN2.3CH4/c1-11(2)21-17(24)12-3-6-15(7-4-12)22-18-20-10-13-9-14(19)5-8-16(13)23-18;9-6-1-2-7-5(3-6)4-11-8(10)12-7;;;/h3-11H,1-2H3,(H,21,24)(H,20,22,23);1-4H;3*1H4. The molecule has 3 aromatic carbocycles. The molecule has 0 spiro atoms. The average Bonchev–Trinajstić information content (AvgIpc) is 2.85. The van der Waals surface area contributed by atoms with Gasteiger partial charge < -0.3 is 10.6 Å². The van der Waals surface area contributed by atoms with Gasteiger partial charge in [0, 0.05) is 49.4 Å². The van der Waals surface area contributed by atoms with Gasteiger partial charge in [0.25, 0.3) is 5.91 Å². The minimum atomic E-state index is -0.0796. The van der Waals surface area contributed by atoms with Crippen LogP contribution in [-0.4, -0.2) is 31.9 Å². The average molecular weight is 677 g/mol. The molecule has 10 heteroatoms. The second-order valence-electron chi connectivity index (χ2n) is 8.07. The van der Waals surface area contributed by atoms with Gasteiger partial charge in [-0.15, -0.1) is 0 Å². The Hall–Kier alpha value is -3.14. The number of amides is 1. The van der Waals surface area contributed by atoms with Gasteiger partial charge in [-0.25, -0.2) is 19.9 Å². The molecule has 5 rings (SSSR count). The van der Waals surface area contributed by atoms with Crippen LogP contribution in [0.3, 0.4) is 0 Å². The number of hydrogen-bond donors (Lipinski definition) is 2. The van der Waals surface area contributed by atoms with Crippen LogP contribution in [0.5, 0.6) is 0 Å². The van der Waals surface area contributed by atoms with Gasteiger partial charge in [0.1, 0.15) is 0 Å². The topological polar surface area (TPSA) is 92.7 Å². The highest BCUT2D eigenvalue weighted by atomic mass is 79.9. The molecule has 1 amide bonds. The molecule has 206 valence electrons. The third-order valence-corrected chi connectivity index (χ3v) is 6.05. The van der Waals surface area contributed by atoms with Crippen molar-refractivity contribution in [3.8, 4) is 0 Å². The van der Waals surface area contributed by atoms with E-state index in [1.54, 1.807) is 24.5 Å². The SMILES string of the molecule is C.C.C.CC(C)NC(=O)c1ccc(Nc2ncc3cc(Br)ccc3n2)cc1.Clc1ncc2cc(Br)ccc2n1. The molecule has 0 bridgehead atoms. The fourth-order valence-electron chi connectivity index (χ4n) is 3.23. The number of carbonyl (C=O) groups excluding carboxylic acids is 1. The van der Waals surface area contributed by atoms with Crippen molar-refractivity contribution in [3.05, 3.63) is 92.8 Å². The van der Waals surface area contributed by atoms with E-state index in [0.717, 1.165) is 36.4 Å². The highest BCUT2D eigenvalue weighted by Gasteiger charge is 2.07. The van der Waals surface area contributed by atoms with E-state index < -0.39 is 0 Å². The Kier molecular flexibility index (Phi) is 13.4. The lowest BCUT2D eigenvalue weighted by atomic mass is 10.2. The van der Waals surface area contributed by atoms with Crippen LogP contribution in [0.4, 0.5) is 11.6 Å². The van der Waals surface area contributed by atoms with Crippen molar-refractivity contribution >= 4 is 82.8 Å². The third-order valence-electron chi connectivity index (χ3n) is 4.88. The van der Waals surface area contributed by atoms with Crippen molar-refractivity contribution < 1.29 is 4.79 Å². The summed E-state index contributed by atoms with van der Waals surface area (Å²) < 4.78 is 2.01. The molecule has 0 aliphatic rings. The maximum atomic E-state index is 11.9. The molecule has 0 radical (unpaired) electrons. The summed E-state index contributed by atoms with van der Waals surface area (Å²) in [6, 6.07) is 19.0. The van der Waals surface area contributed by atoms with Gasteiger partial charge in [-0.2, -0.15) is 0 Å². The van der Waals surface area contributed by atoms with Crippen molar-refractivity contribution in [2.24, 2.45) is 0 Å². The lowest BCUT2D eigenvalue weighted by Gasteiger charge is -2.09. The molecule has 0 aliphatic heterocycles. The van der Waals surface area contributed by atoms with Crippen LogP contribution in [-0.2, 0) is 0 Å². The molecule has 0 saturated carbocycles. The predicted octanol–water partition coefficient (Wildman–Crippen LogP) is 9.23. The van der Waals surface area contributed by atoms with Crippen LogP contribution in [0.25, 0.3) is 21.8 Å². The van der Waals surface area contributed by atoms with Crippen molar-refractivity contribution in [3.63, 3.8) is 0 Å². The second-order valence-corrected chi connectivity index (χ2v) is 10.2. The number of anilines is 2. The number of halogens is 3. The molecule has 2 N–H and O–H groups in total. The fourth-order valence-corrected chi connectivity index (χ4v) is 4.12. The molecule has 0 unspecified atom stereocenters. The predicted molar refractivity (Wildman–Crippen MR) is 172 cm³/mol. The van der Waals surface area contributed by atoms with Crippen LogP contribution in [0.2, 0.25) is 5.28 Å². The molecule has 0 aliphatic carbocycles. The first-order chi connectivity index (χ1) is 17.3. The van der Waals surface area contributed by atoms with Gasteiger partial charge in [0.15, 0.2) is 0 Å².